The minimum Gasteiger partial charge on any atom is -0.497 e. The van der Waals surface area contributed by atoms with Gasteiger partial charge < -0.3 is 9.47 Å². The molecule has 0 aliphatic carbocycles. The Bertz CT molecular complexity index is 1160. The van der Waals surface area contributed by atoms with Gasteiger partial charge in [0.2, 0.25) is 0 Å². The third kappa shape index (κ3) is 5.64. The van der Waals surface area contributed by atoms with E-state index in [1.54, 1.807) is 32.5 Å². The van der Waals surface area contributed by atoms with Crippen LogP contribution in [-0.4, -0.2) is 39.4 Å². The van der Waals surface area contributed by atoms with Gasteiger partial charge in [0.15, 0.2) is 0 Å². The molecule has 31 heavy (non-hydrogen) atoms. The van der Waals surface area contributed by atoms with E-state index in [-0.39, 0.29) is 5.04 Å². The minimum atomic E-state index is -2.67. The molecule has 0 aliphatic heterocycles. The normalized spacial score (nSPS) is 13.6. The van der Waals surface area contributed by atoms with Crippen LogP contribution in [0.2, 0.25) is 11.6 Å². The number of benzene rings is 2. The second-order valence-corrected chi connectivity index (χ2v) is 11.8. The number of pyridine rings is 1. The van der Waals surface area contributed by atoms with Crippen molar-refractivity contribution < 1.29 is 13.7 Å². The zero-order valence-corrected chi connectivity index (χ0v) is 20.5. The monoisotopic (exact) mass is 455 g/mol. The molecule has 8 heteroatoms. The van der Waals surface area contributed by atoms with Gasteiger partial charge in [0.25, 0.3) is 0 Å². The first-order chi connectivity index (χ1) is 14.8. The van der Waals surface area contributed by atoms with Crippen molar-refractivity contribution in [2.45, 2.75) is 36.7 Å². The molecule has 1 N–H and O–H groups in total. The fourth-order valence-electron chi connectivity index (χ4n) is 2.97. The van der Waals surface area contributed by atoms with Crippen molar-refractivity contribution >= 4 is 30.3 Å². The molecule has 0 saturated heterocycles. The number of nitrogens with zero attached hydrogens (tertiary/aromatic N) is 2. The van der Waals surface area contributed by atoms with Crippen LogP contribution >= 0.6 is 0 Å². The van der Waals surface area contributed by atoms with Gasteiger partial charge in [-0.05, 0) is 61.0 Å². The SMILES string of the molecule is CNS(=O)(=NCCC(C)(C)[Si]C)c1ccc(Oc2ccnc3cc(OC)ccc23)cc1. The Kier molecular flexibility index (Phi) is 7.35. The van der Waals surface area contributed by atoms with E-state index in [1.165, 1.54) is 0 Å². The highest BCUT2D eigenvalue weighted by Gasteiger charge is 2.16. The molecule has 0 saturated carbocycles. The summed E-state index contributed by atoms with van der Waals surface area (Å²) in [5, 5.41) is 1.10. The summed E-state index contributed by atoms with van der Waals surface area (Å²) >= 11 is 0. The largest absolute Gasteiger partial charge is 0.497 e. The van der Waals surface area contributed by atoms with E-state index >= 15 is 0 Å². The van der Waals surface area contributed by atoms with E-state index in [0.717, 1.165) is 32.6 Å². The molecule has 2 radical (unpaired) electrons. The molecule has 3 aromatic rings. The van der Waals surface area contributed by atoms with Gasteiger partial charge in [0.05, 0.1) is 24.1 Å². The summed E-state index contributed by atoms with van der Waals surface area (Å²) in [7, 11) is 1.46. The van der Waals surface area contributed by atoms with Gasteiger partial charge in [-0.15, -0.1) is 0 Å². The van der Waals surface area contributed by atoms with E-state index in [9.17, 15) is 4.21 Å². The average molecular weight is 456 g/mol. The molecule has 1 unspecified atom stereocenters. The number of nitrogens with one attached hydrogen (secondary N) is 1. The number of aromatic nitrogens is 1. The van der Waals surface area contributed by atoms with Crippen LogP contribution < -0.4 is 14.2 Å². The maximum Gasteiger partial charge on any atom is 0.138 e. The van der Waals surface area contributed by atoms with Crippen molar-refractivity contribution in [1.29, 1.82) is 0 Å². The number of ether oxygens (including phenoxy) is 2. The number of methoxy groups -OCH3 is 1. The van der Waals surface area contributed by atoms with Gasteiger partial charge in [0, 0.05) is 27.2 Å². The van der Waals surface area contributed by atoms with Crippen molar-refractivity contribution in [3.63, 3.8) is 0 Å². The fourth-order valence-corrected chi connectivity index (χ4v) is 4.70. The third-order valence-electron chi connectivity index (χ3n) is 5.24. The van der Waals surface area contributed by atoms with Crippen molar-refractivity contribution in [1.82, 2.24) is 9.71 Å². The number of hydrogen-bond donors (Lipinski definition) is 1. The molecule has 1 atom stereocenters. The van der Waals surface area contributed by atoms with E-state index in [1.807, 2.05) is 36.4 Å². The predicted molar refractivity (Wildman–Crippen MR) is 128 cm³/mol. The Morgan fingerprint density at radius 1 is 1.13 bits per heavy atom. The van der Waals surface area contributed by atoms with Crippen molar-refractivity contribution in [2.24, 2.45) is 4.36 Å². The van der Waals surface area contributed by atoms with Gasteiger partial charge in [-0.3, -0.25) is 4.98 Å². The smallest absolute Gasteiger partial charge is 0.138 e. The number of rotatable bonds is 9. The first-order valence-electron chi connectivity index (χ1n) is 10.1. The zero-order valence-electron chi connectivity index (χ0n) is 18.6. The Morgan fingerprint density at radius 2 is 1.84 bits per heavy atom. The molecule has 2 aromatic carbocycles. The summed E-state index contributed by atoms with van der Waals surface area (Å²) in [5.74, 6) is 2.09. The summed E-state index contributed by atoms with van der Waals surface area (Å²) in [6.07, 6.45) is 2.61. The lowest BCUT2D eigenvalue weighted by molar-refractivity contribution is 0.415. The van der Waals surface area contributed by atoms with Crippen LogP contribution in [0.4, 0.5) is 0 Å². The molecular formula is C23H29N3O3SSi. The quantitative estimate of drug-likeness (QED) is 0.442. The van der Waals surface area contributed by atoms with Gasteiger partial charge in [-0.1, -0.05) is 20.4 Å². The molecule has 3 rings (SSSR count). The summed E-state index contributed by atoms with van der Waals surface area (Å²) in [6, 6.07) is 14.7. The molecule has 164 valence electrons. The predicted octanol–water partition coefficient (Wildman–Crippen LogP) is 5.34. The minimum absolute atomic E-state index is 0.215. The lowest BCUT2D eigenvalue weighted by atomic mass is 10.1. The van der Waals surface area contributed by atoms with E-state index in [0.29, 0.717) is 22.9 Å². The third-order valence-corrected chi connectivity index (χ3v) is 8.86. The topological polar surface area (TPSA) is 72.8 Å². The van der Waals surface area contributed by atoms with E-state index in [2.05, 4.69) is 34.5 Å². The van der Waals surface area contributed by atoms with Crippen LogP contribution in [0.3, 0.4) is 0 Å². The Morgan fingerprint density at radius 3 is 2.48 bits per heavy atom. The first kappa shape index (κ1) is 23.2. The van der Waals surface area contributed by atoms with Gasteiger partial charge in [-0.2, -0.15) is 0 Å². The highest BCUT2D eigenvalue weighted by atomic mass is 32.2. The molecule has 0 aliphatic rings. The Hall–Kier alpha value is -2.42. The summed E-state index contributed by atoms with van der Waals surface area (Å²) < 4.78 is 32.1. The van der Waals surface area contributed by atoms with Crippen LogP contribution in [0.1, 0.15) is 20.3 Å². The lowest BCUT2D eigenvalue weighted by Crippen LogP contribution is -2.20. The van der Waals surface area contributed by atoms with Gasteiger partial charge >= 0.3 is 0 Å². The van der Waals surface area contributed by atoms with E-state index in [4.69, 9.17) is 9.47 Å². The Balaban J connectivity index is 1.81. The van der Waals surface area contributed by atoms with Crippen LogP contribution in [0.5, 0.6) is 17.2 Å². The van der Waals surface area contributed by atoms with Crippen LogP contribution in [0.15, 0.2) is 64.0 Å². The second kappa shape index (κ2) is 9.80. The average Bonchev–Trinajstić information content (AvgIpc) is 2.79. The fraction of sp³-hybridized carbons (Fsp3) is 0.348. The summed E-state index contributed by atoms with van der Waals surface area (Å²) in [4.78, 5) is 5.03. The number of fused-ring (bicyclic) bond motifs is 1. The summed E-state index contributed by atoms with van der Waals surface area (Å²) in [6.45, 7) is 7.18. The highest BCUT2D eigenvalue weighted by Crippen LogP contribution is 2.31. The lowest BCUT2D eigenvalue weighted by Gasteiger charge is -2.20. The molecule has 1 heterocycles. The van der Waals surface area contributed by atoms with Gasteiger partial charge in [-0.25, -0.2) is 13.3 Å². The summed E-state index contributed by atoms with van der Waals surface area (Å²) in [5.41, 5.74) is 0.793. The maximum atomic E-state index is 13.3. The highest BCUT2D eigenvalue weighted by molar-refractivity contribution is 7.91. The standard InChI is InChI=1S/C23H29N3O3SSi/c1-23(2,31-5)13-15-26-30(27,24-3)19-9-6-17(7-10-19)29-22-12-14-25-21-16-18(28-4)8-11-20(21)22/h6-12,14,16H,13,15H2,1-5H3,(H,24,26,27). The molecule has 1 aromatic heterocycles. The molecular weight excluding hydrogens is 426 g/mol. The van der Waals surface area contributed by atoms with Crippen LogP contribution in [0.25, 0.3) is 10.9 Å². The van der Waals surface area contributed by atoms with Crippen molar-refractivity contribution in [3.05, 3.63) is 54.7 Å². The molecule has 0 spiro atoms. The zero-order chi connectivity index (χ0) is 22.5. The number of hydrogen-bond acceptors (Lipinski definition) is 5. The van der Waals surface area contributed by atoms with Gasteiger partial charge in [0.1, 0.15) is 27.2 Å². The molecule has 6 nitrogen and oxygen atoms in total. The molecule has 0 amide bonds. The van der Waals surface area contributed by atoms with Crippen LogP contribution in [-0.2, 0) is 9.92 Å². The van der Waals surface area contributed by atoms with Crippen molar-refractivity contribution in [3.8, 4) is 17.2 Å². The Labute approximate surface area is 187 Å². The van der Waals surface area contributed by atoms with Crippen molar-refractivity contribution in [2.75, 3.05) is 20.7 Å². The molecule has 0 bridgehead atoms. The second-order valence-electron chi connectivity index (χ2n) is 7.73. The first-order valence-corrected chi connectivity index (χ1v) is 13.1. The van der Waals surface area contributed by atoms with E-state index < -0.39 is 9.92 Å². The molecule has 0 fully saturated rings. The maximum absolute atomic E-state index is 13.3. The van der Waals surface area contributed by atoms with Crippen LogP contribution in [0, 0.1) is 0 Å².